The first kappa shape index (κ1) is 12.6. The summed E-state index contributed by atoms with van der Waals surface area (Å²) in [6.45, 7) is 5.87. The summed E-state index contributed by atoms with van der Waals surface area (Å²) in [5.74, 6) is 0. The maximum Gasteiger partial charge on any atom is 0.151 e. The molecule has 1 atom stereocenters. The van der Waals surface area contributed by atoms with Gasteiger partial charge in [-0.2, -0.15) is 0 Å². The van der Waals surface area contributed by atoms with Gasteiger partial charge < -0.3 is 20.3 Å². The highest BCUT2D eigenvalue weighted by atomic mass is 16.5. The van der Waals surface area contributed by atoms with Crippen molar-refractivity contribution in [3.8, 4) is 0 Å². The van der Waals surface area contributed by atoms with Crippen LogP contribution in [0.4, 0.5) is 0 Å². The van der Waals surface area contributed by atoms with Gasteiger partial charge in [-0.1, -0.05) is 0 Å². The molecule has 3 N–H and O–H groups in total. The van der Waals surface area contributed by atoms with Crippen molar-refractivity contribution >= 4 is 6.29 Å². The highest BCUT2D eigenvalue weighted by Crippen LogP contribution is 2.05. The van der Waals surface area contributed by atoms with E-state index in [1.165, 1.54) is 0 Å². The zero-order valence-electron chi connectivity index (χ0n) is 8.45. The molecule has 0 fully saturated rings. The van der Waals surface area contributed by atoms with Crippen molar-refractivity contribution in [3.63, 3.8) is 0 Å². The topological polar surface area (TPSA) is 69.6 Å². The third-order valence-electron chi connectivity index (χ3n) is 1.52. The van der Waals surface area contributed by atoms with E-state index in [-0.39, 0.29) is 18.0 Å². The summed E-state index contributed by atoms with van der Waals surface area (Å²) >= 11 is 0. The number of carbonyl (C=O) groups excluding carboxylic acids is 1. The van der Waals surface area contributed by atoms with E-state index in [4.69, 9.17) is 10.2 Å². The summed E-state index contributed by atoms with van der Waals surface area (Å²) < 4.78 is 0. The van der Waals surface area contributed by atoms with Crippen LogP contribution in [0.2, 0.25) is 0 Å². The average molecular weight is 189 g/mol. The number of aliphatic hydroxyl groups excluding tert-OH is 1. The molecule has 78 valence electrons. The molecular formula is C9H19NO3. The Morgan fingerprint density at radius 1 is 1.31 bits per heavy atom. The van der Waals surface area contributed by atoms with E-state index in [0.717, 1.165) is 6.29 Å². The van der Waals surface area contributed by atoms with Crippen LogP contribution >= 0.6 is 0 Å². The van der Waals surface area contributed by atoms with Gasteiger partial charge in [0, 0.05) is 5.54 Å². The number of hydrogen-bond acceptors (Lipinski definition) is 4. The number of rotatable bonds is 5. The van der Waals surface area contributed by atoms with Gasteiger partial charge in [0.15, 0.2) is 6.29 Å². The lowest BCUT2D eigenvalue weighted by Crippen LogP contribution is -2.44. The van der Waals surface area contributed by atoms with Crippen LogP contribution < -0.4 is 5.32 Å². The number of aldehydes is 1. The molecule has 0 bridgehead atoms. The molecule has 0 heterocycles. The maximum atomic E-state index is 10.6. The van der Waals surface area contributed by atoms with Crippen LogP contribution in [0.1, 0.15) is 33.6 Å². The fourth-order valence-electron chi connectivity index (χ4n) is 1.06. The molecule has 0 rings (SSSR count). The zero-order valence-corrected chi connectivity index (χ0v) is 8.45. The lowest BCUT2D eigenvalue weighted by atomic mass is 10.1. The molecule has 4 heteroatoms. The standard InChI is InChI=1S/C9H19NO3/c1-9(2,3)10-7(6-11)4-5-8(12)13/h6-8,10,12-13H,4-5H2,1-3H3. The molecule has 0 saturated carbocycles. The van der Waals surface area contributed by atoms with Crippen molar-refractivity contribution in [2.75, 3.05) is 0 Å². The smallest absolute Gasteiger partial charge is 0.151 e. The second-order valence-corrected chi connectivity index (χ2v) is 4.19. The molecule has 0 amide bonds. The van der Waals surface area contributed by atoms with Crippen LogP contribution in [0.5, 0.6) is 0 Å². The number of carbonyl (C=O) groups is 1. The molecule has 0 aliphatic rings. The van der Waals surface area contributed by atoms with E-state index >= 15 is 0 Å². The van der Waals surface area contributed by atoms with Gasteiger partial charge >= 0.3 is 0 Å². The van der Waals surface area contributed by atoms with Crippen molar-refractivity contribution < 1.29 is 15.0 Å². The predicted octanol–water partition coefficient (Wildman–Crippen LogP) is 0.0329. The third-order valence-corrected chi connectivity index (χ3v) is 1.52. The Bertz CT molecular complexity index is 151. The Kier molecular flexibility index (Phi) is 5.13. The summed E-state index contributed by atoms with van der Waals surface area (Å²) in [6.07, 6.45) is 0.127. The lowest BCUT2D eigenvalue weighted by molar-refractivity contribution is -0.110. The summed E-state index contributed by atoms with van der Waals surface area (Å²) in [5.41, 5.74) is -0.133. The van der Waals surface area contributed by atoms with E-state index in [2.05, 4.69) is 5.32 Å². The molecule has 13 heavy (non-hydrogen) atoms. The van der Waals surface area contributed by atoms with Crippen LogP contribution in [0.25, 0.3) is 0 Å². The third kappa shape index (κ3) is 7.90. The van der Waals surface area contributed by atoms with E-state index in [1.807, 2.05) is 20.8 Å². The molecule has 0 spiro atoms. The Morgan fingerprint density at radius 3 is 2.15 bits per heavy atom. The van der Waals surface area contributed by atoms with Gasteiger partial charge in [0.05, 0.1) is 6.04 Å². The van der Waals surface area contributed by atoms with E-state index < -0.39 is 6.29 Å². The molecule has 4 nitrogen and oxygen atoms in total. The molecule has 0 aromatic heterocycles. The van der Waals surface area contributed by atoms with Crippen LogP contribution in [0, 0.1) is 0 Å². The summed E-state index contributed by atoms with van der Waals surface area (Å²) in [7, 11) is 0. The van der Waals surface area contributed by atoms with Crippen molar-refractivity contribution in [1.82, 2.24) is 5.32 Å². The highest BCUT2D eigenvalue weighted by Gasteiger charge is 2.16. The first-order valence-corrected chi connectivity index (χ1v) is 4.44. The van der Waals surface area contributed by atoms with Gasteiger partial charge in [0.1, 0.15) is 6.29 Å². The monoisotopic (exact) mass is 189 g/mol. The summed E-state index contributed by atoms with van der Waals surface area (Å²) in [6, 6.07) is -0.304. The first-order valence-electron chi connectivity index (χ1n) is 4.44. The van der Waals surface area contributed by atoms with Crippen molar-refractivity contribution in [3.05, 3.63) is 0 Å². The molecule has 0 aliphatic carbocycles. The van der Waals surface area contributed by atoms with Crippen LogP contribution in [0.15, 0.2) is 0 Å². The SMILES string of the molecule is CC(C)(C)NC(C=O)CCC(O)O. The number of hydrogen-bond donors (Lipinski definition) is 3. The Balaban J connectivity index is 3.83. The van der Waals surface area contributed by atoms with Gasteiger partial charge in [-0.3, -0.25) is 0 Å². The molecule has 0 radical (unpaired) electrons. The number of nitrogens with one attached hydrogen (secondary N) is 1. The molecular weight excluding hydrogens is 170 g/mol. The number of aliphatic hydroxyl groups is 2. The van der Waals surface area contributed by atoms with Crippen LogP contribution in [-0.4, -0.2) is 34.4 Å². The van der Waals surface area contributed by atoms with E-state index in [1.54, 1.807) is 0 Å². The van der Waals surface area contributed by atoms with Gasteiger partial charge in [-0.25, -0.2) is 0 Å². The van der Waals surface area contributed by atoms with Gasteiger partial charge in [0.25, 0.3) is 0 Å². The van der Waals surface area contributed by atoms with Gasteiger partial charge in [-0.15, -0.1) is 0 Å². The van der Waals surface area contributed by atoms with Crippen LogP contribution in [0.3, 0.4) is 0 Å². The maximum absolute atomic E-state index is 10.6. The minimum atomic E-state index is -1.33. The fourth-order valence-corrected chi connectivity index (χ4v) is 1.06. The van der Waals surface area contributed by atoms with Crippen molar-refractivity contribution in [2.45, 2.75) is 51.5 Å². The molecule has 0 aliphatic heterocycles. The van der Waals surface area contributed by atoms with Gasteiger partial charge in [0.2, 0.25) is 0 Å². The van der Waals surface area contributed by atoms with E-state index in [9.17, 15) is 4.79 Å². The summed E-state index contributed by atoms with van der Waals surface area (Å²) in [4.78, 5) is 10.6. The first-order chi connectivity index (χ1) is 5.85. The zero-order chi connectivity index (χ0) is 10.5. The quantitative estimate of drug-likeness (QED) is 0.421. The molecule has 1 unspecified atom stereocenters. The van der Waals surface area contributed by atoms with Gasteiger partial charge in [-0.05, 0) is 33.6 Å². The Morgan fingerprint density at radius 2 is 1.85 bits per heavy atom. The van der Waals surface area contributed by atoms with Crippen molar-refractivity contribution in [2.24, 2.45) is 0 Å². The highest BCUT2D eigenvalue weighted by molar-refractivity contribution is 5.57. The van der Waals surface area contributed by atoms with Crippen molar-refractivity contribution in [1.29, 1.82) is 0 Å². The normalized spacial score (nSPS) is 14.6. The molecule has 0 aromatic carbocycles. The molecule has 0 saturated heterocycles. The fraction of sp³-hybridized carbons (Fsp3) is 0.889. The lowest BCUT2D eigenvalue weighted by Gasteiger charge is -2.25. The minimum absolute atomic E-state index is 0.133. The minimum Gasteiger partial charge on any atom is -0.368 e. The van der Waals surface area contributed by atoms with Crippen LogP contribution in [-0.2, 0) is 4.79 Å². The predicted molar refractivity (Wildman–Crippen MR) is 50.2 cm³/mol. The second-order valence-electron chi connectivity index (χ2n) is 4.19. The largest absolute Gasteiger partial charge is 0.368 e. The Hall–Kier alpha value is -0.450. The molecule has 0 aromatic rings. The average Bonchev–Trinajstić information content (AvgIpc) is 1.95. The second kappa shape index (κ2) is 5.32. The summed E-state index contributed by atoms with van der Waals surface area (Å²) in [5, 5.41) is 20.3. The Labute approximate surface area is 79.0 Å². The van der Waals surface area contributed by atoms with E-state index in [0.29, 0.717) is 6.42 Å².